The summed E-state index contributed by atoms with van der Waals surface area (Å²) in [6.45, 7) is 7.77. The van der Waals surface area contributed by atoms with Gasteiger partial charge in [-0.25, -0.2) is 13.1 Å². The molecule has 0 aliphatic heterocycles. The lowest BCUT2D eigenvalue weighted by Gasteiger charge is -2.07. The fraction of sp³-hybridized carbons (Fsp3) is 1.00. The molecular weight excluding hydrogens is 162 g/mol. The van der Waals surface area contributed by atoms with E-state index in [2.05, 4.69) is 4.72 Å². The van der Waals surface area contributed by atoms with E-state index < -0.39 is 10.0 Å². The van der Waals surface area contributed by atoms with E-state index in [-0.39, 0.29) is 6.04 Å². The first-order chi connectivity index (χ1) is 4.95. The number of nitrogens with one attached hydrogen (secondary N) is 1. The van der Waals surface area contributed by atoms with Gasteiger partial charge in [0.05, 0.1) is 6.26 Å². The fourth-order valence-electron chi connectivity index (χ4n) is 0.449. The van der Waals surface area contributed by atoms with Crippen molar-refractivity contribution in [2.24, 2.45) is 0 Å². The van der Waals surface area contributed by atoms with Crippen molar-refractivity contribution in [1.82, 2.24) is 4.72 Å². The number of hydrogen-bond acceptors (Lipinski definition) is 2. The van der Waals surface area contributed by atoms with Crippen molar-refractivity contribution < 1.29 is 8.42 Å². The standard InChI is InChI=1S/C5H13NO2S.C2H6/c1-4-5(2)6-9(3,7)8;1-2/h5-6H,4H2,1-3H3;1-2H3. The number of sulfonamides is 1. The molecule has 0 bridgehead atoms. The first kappa shape index (κ1) is 13.5. The molecule has 4 heteroatoms. The minimum Gasteiger partial charge on any atom is -0.213 e. The largest absolute Gasteiger partial charge is 0.213 e. The molecule has 3 nitrogen and oxygen atoms in total. The third-order valence-corrected chi connectivity index (χ3v) is 1.86. The minimum absolute atomic E-state index is 0.0556. The minimum atomic E-state index is -2.99. The van der Waals surface area contributed by atoms with Crippen LogP contribution in [-0.2, 0) is 10.0 Å². The molecule has 1 N–H and O–H groups in total. The van der Waals surface area contributed by atoms with Crippen LogP contribution in [0.2, 0.25) is 0 Å². The van der Waals surface area contributed by atoms with Gasteiger partial charge < -0.3 is 0 Å². The average Bonchev–Trinajstić information content (AvgIpc) is 1.89. The van der Waals surface area contributed by atoms with Crippen LogP contribution in [0.25, 0.3) is 0 Å². The highest BCUT2D eigenvalue weighted by Crippen LogP contribution is 1.89. The molecule has 0 aliphatic carbocycles. The second kappa shape index (κ2) is 6.61. The normalized spacial score (nSPS) is 13.2. The highest BCUT2D eigenvalue weighted by Gasteiger charge is 2.04. The molecule has 1 unspecified atom stereocenters. The molecule has 0 fully saturated rings. The van der Waals surface area contributed by atoms with Crippen molar-refractivity contribution in [2.45, 2.75) is 40.2 Å². The van der Waals surface area contributed by atoms with Crippen molar-refractivity contribution in [1.29, 1.82) is 0 Å². The smallest absolute Gasteiger partial charge is 0.208 e. The quantitative estimate of drug-likeness (QED) is 0.714. The average molecular weight is 181 g/mol. The molecule has 0 aromatic rings. The van der Waals surface area contributed by atoms with Crippen molar-refractivity contribution in [3.05, 3.63) is 0 Å². The van der Waals surface area contributed by atoms with E-state index in [4.69, 9.17) is 0 Å². The molecule has 0 heterocycles. The van der Waals surface area contributed by atoms with Gasteiger partial charge in [0.1, 0.15) is 0 Å². The van der Waals surface area contributed by atoms with Crippen molar-refractivity contribution in [2.75, 3.05) is 6.26 Å². The van der Waals surface area contributed by atoms with Crippen LogP contribution in [0, 0.1) is 0 Å². The zero-order valence-corrected chi connectivity index (χ0v) is 8.83. The molecule has 0 aromatic carbocycles. The van der Waals surface area contributed by atoms with Gasteiger partial charge in [0.25, 0.3) is 0 Å². The summed E-state index contributed by atoms with van der Waals surface area (Å²) in [4.78, 5) is 0. The third-order valence-electron chi connectivity index (χ3n) is 1.03. The Morgan fingerprint density at radius 2 is 1.73 bits per heavy atom. The predicted molar refractivity (Wildman–Crippen MR) is 49.1 cm³/mol. The monoisotopic (exact) mass is 181 g/mol. The fourth-order valence-corrected chi connectivity index (χ4v) is 1.35. The van der Waals surface area contributed by atoms with Gasteiger partial charge in [0.2, 0.25) is 10.0 Å². The van der Waals surface area contributed by atoms with E-state index in [0.29, 0.717) is 0 Å². The number of rotatable bonds is 3. The Morgan fingerprint density at radius 1 is 1.36 bits per heavy atom. The van der Waals surface area contributed by atoms with Crippen LogP contribution in [-0.4, -0.2) is 20.7 Å². The molecule has 1 atom stereocenters. The van der Waals surface area contributed by atoms with Gasteiger partial charge in [-0.05, 0) is 13.3 Å². The van der Waals surface area contributed by atoms with Gasteiger partial charge in [-0.3, -0.25) is 0 Å². The van der Waals surface area contributed by atoms with Gasteiger partial charge in [-0.1, -0.05) is 20.8 Å². The van der Waals surface area contributed by atoms with E-state index in [1.54, 1.807) is 0 Å². The lowest BCUT2D eigenvalue weighted by atomic mass is 10.3. The van der Waals surface area contributed by atoms with Crippen LogP contribution in [0.15, 0.2) is 0 Å². The Labute approximate surface area is 70.2 Å². The molecule has 0 aromatic heterocycles. The summed E-state index contributed by atoms with van der Waals surface area (Å²) in [5, 5.41) is 0. The maximum absolute atomic E-state index is 10.5. The zero-order chi connectivity index (χ0) is 9.49. The maximum atomic E-state index is 10.5. The lowest BCUT2D eigenvalue weighted by molar-refractivity contribution is 0.561. The molecule has 0 rings (SSSR count). The van der Waals surface area contributed by atoms with Crippen molar-refractivity contribution >= 4 is 10.0 Å². The molecule has 0 spiro atoms. The Bertz CT molecular complexity index is 163. The SMILES string of the molecule is CC.CCC(C)NS(C)(=O)=O. The van der Waals surface area contributed by atoms with E-state index in [1.165, 1.54) is 6.26 Å². The van der Waals surface area contributed by atoms with Crippen LogP contribution in [0.4, 0.5) is 0 Å². The summed E-state index contributed by atoms with van der Waals surface area (Å²) in [7, 11) is -2.99. The lowest BCUT2D eigenvalue weighted by Crippen LogP contribution is -2.30. The zero-order valence-electron chi connectivity index (χ0n) is 8.01. The summed E-state index contributed by atoms with van der Waals surface area (Å²) < 4.78 is 23.4. The summed E-state index contributed by atoms with van der Waals surface area (Å²) in [6.07, 6.45) is 1.99. The molecule has 11 heavy (non-hydrogen) atoms. The first-order valence-electron chi connectivity index (χ1n) is 3.93. The Morgan fingerprint density at radius 3 is 1.82 bits per heavy atom. The van der Waals surface area contributed by atoms with E-state index in [1.807, 2.05) is 27.7 Å². The van der Waals surface area contributed by atoms with E-state index >= 15 is 0 Å². The second-order valence-corrected chi connectivity index (χ2v) is 3.98. The van der Waals surface area contributed by atoms with Crippen LogP contribution in [0.5, 0.6) is 0 Å². The van der Waals surface area contributed by atoms with Gasteiger partial charge in [0.15, 0.2) is 0 Å². The Hall–Kier alpha value is -0.0900. The Balaban J connectivity index is 0. The van der Waals surface area contributed by atoms with Crippen molar-refractivity contribution in [3.8, 4) is 0 Å². The summed E-state index contributed by atoms with van der Waals surface area (Å²) in [6, 6.07) is 0.0556. The van der Waals surface area contributed by atoms with Gasteiger partial charge >= 0.3 is 0 Å². The summed E-state index contributed by atoms with van der Waals surface area (Å²) >= 11 is 0. The van der Waals surface area contributed by atoms with E-state index in [0.717, 1.165) is 6.42 Å². The van der Waals surface area contributed by atoms with Crippen LogP contribution >= 0.6 is 0 Å². The second-order valence-electron chi connectivity index (χ2n) is 2.20. The molecule has 0 saturated carbocycles. The molecule has 70 valence electrons. The van der Waals surface area contributed by atoms with Crippen LogP contribution in [0.3, 0.4) is 0 Å². The summed E-state index contributed by atoms with van der Waals surface area (Å²) in [5.74, 6) is 0. The molecule has 0 saturated heterocycles. The topological polar surface area (TPSA) is 46.2 Å². The highest BCUT2D eigenvalue weighted by molar-refractivity contribution is 7.88. The molecule has 0 amide bonds. The van der Waals surface area contributed by atoms with Gasteiger partial charge in [0, 0.05) is 6.04 Å². The molecule has 0 radical (unpaired) electrons. The number of hydrogen-bond donors (Lipinski definition) is 1. The predicted octanol–water partition coefficient (Wildman–Crippen LogP) is 1.36. The van der Waals surface area contributed by atoms with Gasteiger partial charge in [-0.15, -0.1) is 0 Å². The maximum Gasteiger partial charge on any atom is 0.208 e. The van der Waals surface area contributed by atoms with Crippen LogP contribution < -0.4 is 4.72 Å². The summed E-state index contributed by atoms with van der Waals surface area (Å²) in [5.41, 5.74) is 0. The van der Waals surface area contributed by atoms with Gasteiger partial charge in [-0.2, -0.15) is 0 Å². The molecule has 0 aliphatic rings. The van der Waals surface area contributed by atoms with Crippen LogP contribution in [0.1, 0.15) is 34.1 Å². The Kier molecular flexibility index (Phi) is 8.11. The van der Waals surface area contributed by atoms with E-state index in [9.17, 15) is 8.42 Å². The first-order valence-corrected chi connectivity index (χ1v) is 5.82. The molecular formula is C7H19NO2S. The highest BCUT2D eigenvalue weighted by atomic mass is 32.2. The third kappa shape index (κ3) is 13.0. The van der Waals surface area contributed by atoms with Crippen molar-refractivity contribution in [3.63, 3.8) is 0 Å².